The van der Waals surface area contributed by atoms with Crippen LogP contribution in [0.25, 0.3) is 0 Å². The van der Waals surface area contributed by atoms with Gasteiger partial charge in [-0.15, -0.1) is 0 Å². The summed E-state index contributed by atoms with van der Waals surface area (Å²) >= 11 is 6.52. The Morgan fingerprint density at radius 1 is 1.30 bits per heavy atom. The third kappa shape index (κ3) is 3.67. The molecule has 0 heterocycles. The maximum Gasteiger partial charge on any atom is 0.0642 e. The zero-order valence-electron chi connectivity index (χ0n) is 13.0. The minimum atomic E-state index is 0.353. The molecule has 1 atom stereocenters. The Hall–Kier alpha value is -0.730. The number of hydrogen-bond donors (Lipinski definition) is 1. The maximum atomic E-state index is 6.52. The van der Waals surface area contributed by atoms with Gasteiger partial charge in [-0.3, -0.25) is 0 Å². The van der Waals surface area contributed by atoms with Crippen LogP contribution in [0.1, 0.15) is 57.6 Å². The number of hydrogen-bond acceptors (Lipinski definition) is 2. The van der Waals surface area contributed by atoms with Crippen LogP contribution in [0, 0.1) is 0 Å². The van der Waals surface area contributed by atoms with E-state index in [1.54, 1.807) is 0 Å². The molecule has 2 nitrogen and oxygen atoms in total. The topological polar surface area (TPSA) is 15.3 Å². The summed E-state index contributed by atoms with van der Waals surface area (Å²) in [4.78, 5) is 2.38. The molecule has 0 aliphatic heterocycles. The van der Waals surface area contributed by atoms with Gasteiger partial charge in [-0.05, 0) is 44.0 Å². The molecule has 0 bridgehead atoms. The fraction of sp³-hybridized carbons (Fsp3) is 0.647. The molecule has 1 unspecified atom stereocenters. The van der Waals surface area contributed by atoms with Crippen LogP contribution < -0.4 is 10.2 Å². The van der Waals surface area contributed by atoms with Crippen LogP contribution in [0.5, 0.6) is 0 Å². The Labute approximate surface area is 128 Å². The second kappa shape index (κ2) is 7.33. The van der Waals surface area contributed by atoms with Gasteiger partial charge in [-0.25, -0.2) is 0 Å². The summed E-state index contributed by atoms with van der Waals surface area (Å²) in [6, 6.07) is 7.50. The van der Waals surface area contributed by atoms with Gasteiger partial charge in [0.2, 0.25) is 0 Å². The first kappa shape index (κ1) is 15.7. The molecule has 20 heavy (non-hydrogen) atoms. The molecule has 1 N–H and O–H groups in total. The Morgan fingerprint density at radius 3 is 2.60 bits per heavy atom. The quantitative estimate of drug-likeness (QED) is 0.841. The van der Waals surface area contributed by atoms with Gasteiger partial charge in [0, 0.05) is 19.1 Å². The number of anilines is 1. The minimum Gasteiger partial charge on any atom is -0.370 e. The van der Waals surface area contributed by atoms with Crippen molar-refractivity contribution in [1.82, 2.24) is 5.32 Å². The molecule has 1 aromatic rings. The standard InChI is InChI=1S/C17H27ClN2/c1-4-19-13(2)14-10-11-17(16(18)12-14)20(3)15-8-6-5-7-9-15/h10-13,15,19H,4-9H2,1-3H3. The highest BCUT2D eigenvalue weighted by molar-refractivity contribution is 6.33. The van der Waals surface area contributed by atoms with Crippen LogP contribution in [-0.2, 0) is 0 Å². The second-order valence-corrected chi connectivity index (χ2v) is 6.30. The second-order valence-electron chi connectivity index (χ2n) is 5.89. The van der Waals surface area contributed by atoms with E-state index in [2.05, 4.69) is 49.3 Å². The van der Waals surface area contributed by atoms with Crippen LogP contribution >= 0.6 is 11.6 Å². The molecule has 1 aliphatic carbocycles. The first-order valence-corrected chi connectivity index (χ1v) is 8.27. The Morgan fingerprint density at radius 2 is 2.00 bits per heavy atom. The predicted molar refractivity (Wildman–Crippen MR) is 88.8 cm³/mol. The molecule has 1 aliphatic rings. The average Bonchev–Trinajstić information content (AvgIpc) is 2.47. The number of rotatable bonds is 5. The Balaban J connectivity index is 2.12. The lowest BCUT2D eigenvalue weighted by atomic mass is 9.94. The van der Waals surface area contributed by atoms with Gasteiger partial charge in [0.25, 0.3) is 0 Å². The van der Waals surface area contributed by atoms with Crippen molar-refractivity contribution in [2.45, 2.75) is 58.0 Å². The lowest BCUT2D eigenvalue weighted by Crippen LogP contribution is -2.33. The van der Waals surface area contributed by atoms with Crippen LogP contribution in [0.2, 0.25) is 5.02 Å². The fourth-order valence-corrected chi connectivity index (χ4v) is 3.49. The highest BCUT2D eigenvalue weighted by Crippen LogP contribution is 2.32. The van der Waals surface area contributed by atoms with Crippen LogP contribution in [-0.4, -0.2) is 19.6 Å². The third-order valence-electron chi connectivity index (χ3n) is 4.48. The van der Waals surface area contributed by atoms with Crippen molar-refractivity contribution >= 4 is 17.3 Å². The third-order valence-corrected chi connectivity index (χ3v) is 4.79. The van der Waals surface area contributed by atoms with Crippen molar-refractivity contribution in [3.05, 3.63) is 28.8 Å². The molecule has 2 rings (SSSR count). The summed E-state index contributed by atoms with van der Waals surface area (Å²) < 4.78 is 0. The summed E-state index contributed by atoms with van der Waals surface area (Å²) in [5.74, 6) is 0. The molecule has 0 saturated heterocycles. The van der Waals surface area contributed by atoms with E-state index in [0.717, 1.165) is 11.6 Å². The van der Waals surface area contributed by atoms with Crippen LogP contribution in [0.4, 0.5) is 5.69 Å². The van der Waals surface area contributed by atoms with E-state index in [-0.39, 0.29) is 0 Å². The molecular weight excluding hydrogens is 268 g/mol. The Kier molecular flexibility index (Phi) is 5.74. The van der Waals surface area contributed by atoms with E-state index in [9.17, 15) is 0 Å². The highest BCUT2D eigenvalue weighted by Gasteiger charge is 2.20. The molecule has 112 valence electrons. The van der Waals surface area contributed by atoms with E-state index in [1.165, 1.54) is 43.4 Å². The minimum absolute atomic E-state index is 0.353. The summed E-state index contributed by atoms with van der Waals surface area (Å²) in [7, 11) is 2.19. The van der Waals surface area contributed by atoms with E-state index in [4.69, 9.17) is 11.6 Å². The molecule has 3 heteroatoms. The smallest absolute Gasteiger partial charge is 0.0642 e. The number of nitrogens with one attached hydrogen (secondary N) is 1. The molecule has 1 saturated carbocycles. The average molecular weight is 295 g/mol. The lowest BCUT2D eigenvalue weighted by molar-refractivity contribution is 0.427. The molecule has 1 fully saturated rings. The van der Waals surface area contributed by atoms with E-state index >= 15 is 0 Å². The normalized spacial score (nSPS) is 18.0. The molecular formula is C17H27ClN2. The van der Waals surface area contributed by atoms with Crippen molar-refractivity contribution in [3.63, 3.8) is 0 Å². The van der Waals surface area contributed by atoms with Gasteiger partial charge >= 0.3 is 0 Å². The SMILES string of the molecule is CCNC(C)c1ccc(N(C)C2CCCCC2)c(Cl)c1. The number of halogens is 1. The largest absolute Gasteiger partial charge is 0.370 e. The van der Waals surface area contributed by atoms with E-state index in [1.807, 2.05) is 0 Å². The zero-order chi connectivity index (χ0) is 14.5. The van der Waals surface area contributed by atoms with Crippen molar-refractivity contribution in [2.75, 3.05) is 18.5 Å². The summed E-state index contributed by atoms with van der Waals surface area (Å²) in [6.45, 7) is 5.28. The van der Waals surface area contributed by atoms with Crippen molar-refractivity contribution in [3.8, 4) is 0 Å². The Bertz CT molecular complexity index is 427. The fourth-order valence-electron chi connectivity index (χ4n) is 3.17. The maximum absolute atomic E-state index is 6.52. The van der Waals surface area contributed by atoms with E-state index in [0.29, 0.717) is 12.1 Å². The lowest BCUT2D eigenvalue weighted by Gasteiger charge is -2.33. The predicted octanol–water partition coefficient (Wildman–Crippen LogP) is 4.78. The molecule has 1 aromatic carbocycles. The van der Waals surface area contributed by atoms with Gasteiger partial charge < -0.3 is 10.2 Å². The molecule has 0 radical (unpaired) electrons. The first-order valence-electron chi connectivity index (χ1n) is 7.89. The molecule has 0 amide bonds. The van der Waals surface area contributed by atoms with Crippen LogP contribution in [0.15, 0.2) is 18.2 Å². The summed E-state index contributed by atoms with van der Waals surface area (Å²) in [5.41, 5.74) is 2.43. The molecule has 0 spiro atoms. The van der Waals surface area contributed by atoms with E-state index < -0.39 is 0 Å². The highest BCUT2D eigenvalue weighted by atomic mass is 35.5. The van der Waals surface area contributed by atoms with Gasteiger partial charge in [-0.2, -0.15) is 0 Å². The number of nitrogens with zero attached hydrogens (tertiary/aromatic N) is 1. The van der Waals surface area contributed by atoms with Crippen molar-refractivity contribution in [1.29, 1.82) is 0 Å². The van der Waals surface area contributed by atoms with Gasteiger partial charge in [0.05, 0.1) is 10.7 Å². The molecule has 0 aromatic heterocycles. The monoisotopic (exact) mass is 294 g/mol. The van der Waals surface area contributed by atoms with Crippen molar-refractivity contribution in [2.24, 2.45) is 0 Å². The number of benzene rings is 1. The van der Waals surface area contributed by atoms with Crippen molar-refractivity contribution < 1.29 is 0 Å². The van der Waals surface area contributed by atoms with Gasteiger partial charge in [0.15, 0.2) is 0 Å². The van der Waals surface area contributed by atoms with Gasteiger partial charge in [0.1, 0.15) is 0 Å². The zero-order valence-corrected chi connectivity index (χ0v) is 13.7. The van der Waals surface area contributed by atoms with Gasteiger partial charge in [-0.1, -0.05) is 43.9 Å². The first-order chi connectivity index (χ1) is 9.63. The summed E-state index contributed by atoms with van der Waals surface area (Å²) in [5, 5.41) is 4.30. The summed E-state index contributed by atoms with van der Waals surface area (Å²) in [6.07, 6.45) is 6.67. The van der Waals surface area contributed by atoms with Crippen LogP contribution in [0.3, 0.4) is 0 Å².